The summed E-state index contributed by atoms with van der Waals surface area (Å²) in [6, 6.07) is 5.49. The number of piperidine rings is 1. The van der Waals surface area contributed by atoms with Crippen LogP contribution in [0.2, 0.25) is 0 Å². The quantitative estimate of drug-likeness (QED) is 0.894. The number of carbonyl (C=O) groups excluding carboxylic acids is 1. The van der Waals surface area contributed by atoms with E-state index >= 15 is 0 Å². The Morgan fingerprint density at radius 1 is 1.33 bits per heavy atom. The van der Waals surface area contributed by atoms with E-state index in [0.717, 1.165) is 24.9 Å². The molecule has 24 heavy (non-hydrogen) atoms. The number of nitrogens with zero attached hydrogens (tertiary/aromatic N) is 4. The minimum atomic E-state index is -0.0497. The number of amides is 1. The van der Waals surface area contributed by atoms with Crippen LogP contribution < -0.4 is 15.0 Å². The number of pyridine rings is 1. The molecule has 1 atom stereocenters. The highest BCUT2D eigenvalue weighted by Crippen LogP contribution is 2.20. The molecule has 1 amide bonds. The topological polar surface area (TPSA) is 80.2 Å². The molecule has 1 N–H and O–H groups in total. The van der Waals surface area contributed by atoms with E-state index in [2.05, 4.69) is 25.2 Å². The highest BCUT2D eigenvalue weighted by atomic mass is 16.5. The number of rotatable bonds is 5. The van der Waals surface area contributed by atoms with E-state index in [1.54, 1.807) is 31.8 Å². The Hall–Kier alpha value is -2.70. The Morgan fingerprint density at radius 3 is 2.96 bits per heavy atom. The summed E-state index contributed by atoms with van der Waals surface area (Å²) >= 11 is 0. The molecule has 1 fully saturated rings. The molecule has 2 aromatic rings. The highest BCUT2D eigenvalue weighted by Gasteiger charge is 2.26. The number of ether oxygens (including phenoxy) is 1. The van der Waals surface area contributed by atoms with Gasteiger partial charge in [-0.15, -0.1) is 0 Å². The predicted octanol–water partition coefficient (Wildman–Crippen LogP) is 1.41. The molecule has 1 unspecified atom stereocenters. The number of hydrogen-bond acceptors (Lipinski definition) is 6. The lowest BCUT2D eigenvalue weighted by molar-refractivity contribution is -0.125. The third-order valence-corrected chi connectivity index (χ3v) is 4.10. The normalized spacial score (nSPS) is 17.4. The van der Waals surface area contributed by atoms with Crippen molar-refractivity contribution in [1.82, 2.24) is 20.3 Å². The zero-order chi connectivity index (χ0) is 16.8. The van der Waals surface area contributed by atoms with Gasteiger partial charge in [-0.05, 0) is 30.5 Å². The van der Waals surface area contributed by atoms with E-state index in [-0.39, 0.29) is 11.8 Å². The summed E-state index contributed by atoms with van der Waals surface area (Å²) in [4.78, 5) is 27.2. The fourth-order valence-corrected chi connectivity index (χ4v) is 2.83. The molecule has 0 bridgehead atoms. The summed E-state index contributed by atoms with van der Waals surface area (Å²) in [5.74, 6) is 1.25. The maximum absolute atomic E-state index is 12.5. The smallest absolute Gasteiger partial charge is 0.225 e. The molecule has 3 heterocycles. The third kappa shape index (κ3) is 3.98. The minimum Gasteiger partial charge on any atom is -0.481 e. The van der Waals surface area contributed by atoms with Crippen LogP contribution in [0.15, 0.2) is 36.8 Å². The highest BCUT2D eigenvalue weighted by molar-refractivity contribution is 5.79. The molecule has 7 nitrogen and oxygen atoms in total. The second-order valence-corrected chi connectivity index (χ2v) is 5.76. The number of nitrogens with one attached hydrogen (secondary N) is 1. The van der Waals surface area contributed by atoms with Crippen LogP contribution in [-0.2, 0) is 11.3 Å². The van der Waals surface area contributed by atoms with Crippen molar-refractivity contribution in [2.75, 3.05) is 25.1 Å². The number of methoxy groups -OCH3 is 1. The molecule has 1 saturated heterocycles. The fourth-order valence-electron chi connectivity index (χ4n) is 2.83. The predicted molar refractivity (Wildman–Crippen MR) is 89.6 cm³/mol. The van der Waals surface area contributed by atoms with E-state index in [0.29, 0.717) is 24.9 Å². The molecule has 7 heteroatoms. The second kappa shape index (κ2) is 7.72. The molecular formula is C17H21N5O2. The van der Waals surface area contributed by atoms with E-state index < -0.39 is 0 Å². The first-order valence-corrected chi connectivity index (χ1v) is 8.05. The van der Waals surface area contributed by atoms with Crippen LogP contribution in [0.5, 0.6) is 5.88 Å². The molecular weight excluding hydrogens is 306 g/mol. The van der Waals surface area contributed by atoms with Crippen molar-refractivity contribution in [3.05, 3.63) is 42.4 Å². The van der Waals surface area contributed by atoms with Gasteiger partial charge in [-0.3, -0.25) is 4.79 Å². The maximum Gasteiger partial charge on any atom is 0.225 e. The molecule has 0 aromatic carbocycles. The molecule has 3 rings (SSSR count). The van der Waals surface area contributed by atoms with Gasteiger partial charge < -0.3 is 15.0 Å². The Bertz CT molecular complexity index is 680. The second-order valence-electron chi connectivity index (χ2n) is 5.76. The maximum atomic E-state index is 12.5. The van der Waals surface area contributed by atoms with Crippen LogP contribution in [-0.4, -0.2) is 41.1 Å². The van der Waals surface area contributed by atoms with Gasteiger partial charge in [0.05, 0.1) is 13.0 Å². The van der Waals surface area contributed by atoms with Gasteiger partial charge in [0, 0.05) is 44.3 Å². The lowest BCUT2D eigenvalue weighted by Gasteiger charge is -2.31. The molecule has 0 saturated carbocycles. The number of hydrogen-bond donors (Lipinski definition) is 1. The zero-order valence-corrected chi connectivity index (χ0v) is 13.7. The van der Waals surface area contributed by atoms with Crippen LogP contribution in [0, 0.1) is 5.92 Å². The summed E-state index contributed by atoms with van der Waals surface area (Å²) in [5, 5.41) is 3.00. The SMILES string of the molecule is COc1cc(CNC(=O)C2CCCN(c3ncccn3)C2)ccn1. The summed E-state index contributed by atoms with van der Waals surface area (Å²) < 4.78 is 5.10. The van der Waals surface area contributed by atoms with Gasteiger partial charge in [0.25, 0.3) is 0 Å². The Balaban J connectivity index is 1.56. The van der Waals surface area contributed by atoms with Crippen LogP contribution in [0.25, 0.3) is 0 Å². The van der Waals surface area contributed by atoms with Gasteiger partial charge >= 0.3 is 0 Å². The Morgan fingerprint density at radius 2 is 2.17 bits per heavy atom. The van der Waals surface area contributed by atoms with Gasteiger partial charge in [-0.25, -0.2) is 15.0 Å². The molecule has 2 aromatic heterocycles. The molecule has 0 aliphatic carbocycles. The summed E-state index contributed by atoms with van der Waals surface area (Å²) in [6.07, 6.45) is 6.97. The Kier molecular flexibility index (Phi) is 5.20. The van der Waals surface area contributed by atoms with E-state index in [9.17, 15) is 4.79 Å². The number of carbonyl (C=O) groups is 1. The molecule has 1 aliphatic heterocycles. The van der Waals surface area contributed by atoms with E-state index in [1.165, 1.54) is 0 Å². The van der Waals surface area contributed by atoms with Crippen LogP contribution in [0.3, 0.4) is 0 Å². The Labute approximate surface area is 141 Å². The van der Waals surface area contributed by atoms with Gasteiger partial charge in [-0.1, -0.05) is 0 Å². The van der Waals surface area contributed by atoms with Crippen molar-refractivity contribution in [2.45, 2.75) is 19.4 Å². The third-order valence-electron chi connectivity index (χ3n) is 4.10. The standard InChI is InChI=1S/C17H21N5O2/c1-24-15-10-13(5-8-18-15)11-21-16(23)14-4-2-9-22(12-14)17-19-6-3-7-20-17/h3,5-8,10,14H,2,4,9,11-12H2,1H3,(H,21,23). The lowest BCUT2D eigenvalue weighted by Crippen LogP contribution is -2.43. The van der Waals surface area contributed by atoms with Crippen LogP contribution in [0.4, 0.5) is 5.95 Å². The number of anilines is 1. The van der Waals surface area contributed by atoms with Crippen molar-refractivity contribution in [1.29, 1.82) is 0 Å². The molecule has 0 spiro atoms. The fraction of sp³-hybridized carbons (Fsp3) is 0.412. The summed E-state index contributed by atoms with van der Waals surface area (Å²) in [6.45, 7) is 2.00. The van der Waals surface area contributed by atoms with Crippen molar-refractivity contribution in [2.24, 2.45) is 5.92 Å². The van der Waals surface area contributed by atoms with Crippen molar-refractivity contribution < 1.29 is 9.53 Å². The number of aromatic nitrogens is 3. The first-order chi connectivity index (χ1) is 11.8. The van der Waals surface area contributed by atoms with Crippen molar-refractivity contribution >= 4 is 11.9 Å². The average Bonchev–Trinajstić information content (AvgIpc) is 2.67. The van der Waals surface area contributed by atoms with Gasteiger partial charge in [0.2, 0.25) is 17.7 Å². The van der Waals surface area contributed by atoms with Crippen LogP contribution in [0.1, 0.15) is 18.4 Å². The molecule has 126 valence electrons. The van der Waals surface area contributed by atoms with Gasteiger partial charge in [0.1, 0.15) is 0 Å². The zero-order valence-electron chi connectivity index (χ0n) is 13.7. The molecule has 1 aliphatic rings. The van der Waals surface area contributed by atoms with E-state index in [1.807, 2.05) is 12.1 Å². The van der Waals surface area contributed by atoms with Gasteiger partial charge in [0.15, 0.2) is 0 Å². The van der Waals surface area contributed by atoms with Crippen LogP contribution >= 0.6 is 0 Å². The summed E-state index contributed by atoms with van der Waals surface area (Å²) in [5.41, 5.74) is 0.967. The monoisotopic (exact) mass is 327 g/mol. The minimum absolute atomic E-state index is 0.0497. The average molecular weight is 327 g/mol. The summed E-state index contributed by atoms with van der Waals surface area (Å²) in [7, 11) is 1.58. The van der Waals surface area contributed by atoms with Crippen molar-refractivity contribution in [3.63, 3.8) is 0 Å². The molecule has 0 radical (unpaired) electrons. The van der Waals surface area contributed by atoms with E-state index in [4.69, 9.17) is 4.74 Å². The van der Waals surface area contributed by atoms with Crippen molar-refractivity contribution in [3.8, 4) is 5.88 Å². The lowest BCUT2D eigenvalue weighted by atomic mass is 9.97. The first kappa shape index (κ1) is 16.2. The largest absolute Gasteiger partial charge is 0.481 e. The van der Waals surface area contributed by atoms with Gasteiger partial charge in [-0.2, -0.15) is 0 Å². The first-order valence-electron chi connectivity index (χ1n) is 8.05.